The van der Waals surface area contributed by atoms with Crippen molar-refractivity contribution in [2.24, 2.45) is 0 Å². The lowest BCUT2D eigenvalue weighted by Crippen LogP contribution is -2.65. The number of hydrogen-bond donors (Lipinski definition) is 2. The number of rotatable bonds is 10. The van der Waals surface area contributed by atoms with E-state index in [1.807, 2.05) is 0 Å². The standard InChI is InChI=1S/C40H38O13/c1-23-31(50-36(43)26-17-9-4-10-18-26)33(52-38(45)28-21-13-6-14-22-28)34(39(46)47-23)53-40-29(41)32(51-37(44)27-19-11-5-12-20-27)30(24(2)48-40)49-35(42)25-15-7-3-8-16-25/h3-24,29-34,39-41,46H,1-2H3/t23-,24-,29+,30-,31-,32-,33+,34+,39+,40-/m0/s1. The summed E-state index contributed by atoms with van der Waals surface area (Å²) in [7, 11) is 0. The van der Waals surface area contributed by atoms with Crippen molar-refractivity contribution in [1.29, 1.82) is 0 Å². The SMILES string of the molecule is C[C@@H]1O[C@@H](O)[C@H](O[C@@H]2O[C@@H](C)[C@H](OC(=O)c3ccccc3)[C@@H](OC(=O)c3ccccc3)[C@H]2O)[C@H](OC(=O)c2ccccc2)[C@H]1OC(=O)c1ccccc1. The Labute approximate surface area is 304 Å². The van der Waals surface area contributed by atoms with Crippen LogP contribution in [0.25, 0.3) is 0 Å². The van der Waals surface area contributed by atoms with Gasteiger partial charge in [-0.3, -0.25) is 0 Å². The van der Waals surface area contributed by atoms with Gasteiger partial charge < -0.3 is 43.4 Å². The van der Waals surface area contributed by atoms with Crippen molar-refractivity contribution in [2.45, 2.75) is 75.3 Å². The Morgan fingerprint density at radius 3 is 1.17 bits per heavy atom. The number of carbonyl (C=O) groups is 4. The van der Waals surface area contributed by atoms with Crippen molar-refractivity contribution in [3.05, 3.63) is 144 Å². The van der Waals surface area contributed by atoms with Crippen molar-refractivity contribution in [1.82, 2.24) is 0 Å². The van der Waals surface area contributed by atoms with Crippen LogP contribution < -0.4 is 0 Å². The first-order valence-corrected chi connectivity index (χ1v) is 17.0. The highest BCUT2D eigenvalue weighted by molar-refractivity contribution is 5.91. The van der Waals surface area contributed by atoms with E-state index in [9.17, 15) is 29.4 Å². The fourth-order valence-electron chi connectivity index (χ4n) is 6.05. The fourth-order valence-corrected chi connectivity index (χ4v) is 6.05. The van der Waals surface area contributed by atoms with E-state index in [0.29, 0.717) is 0 Å². The molecule has 276 valence electrons. The number of aliphatic hydroxyl groups excluding tert-OH is 2. The van der Waals surface area contributed by atoms with Gasteiger partial charge in [-0.15, -0.1) is 0 Å². The molecule has 13 nitrogen and oxygen atoms in total. The molecule has 6 rings (SSSR count). The van der Waals surface area contributed by atoms with Crippen LogP contribution in [-0.4, -0.2) is 95.5 Å². The summed E-state index contributed by atoms with van der Waals surface area (Å²) in [6.45, 7) is 3.03. The molecule has 0 aromatic heterocycles. The molecule has 0 radical (unpaired) electrons. The highest BCUT2D eigenvalue weighted by atomic mass is 16.7. The summed E-state index contributed by atoms with van der Waals surface area (Å²) in [5.74, 6) is -3.19. The van der Waals surface area contributed by atoms with Crippen LogP contribution in [0.1, 0.15) is 55.3 Å². The van der Waals surface area contributed by atoms with Gasteiger partial charge in [0.25, 0.3) is 0 Å². The molecule has 0 spiro atoms. The summed E-state index contributed by atoms with van der Waals surface area (Å²) in [6, 6.07) is 32.2. The first kappa shape index (κ1) is 37.3. The predicted molar refractivity (Wildman–Crippen MR) is 184 cm³/mol. The molecule has 0 saturated carbocycles. The van der Waals surface area contributed by atoms with E-state index in [1.165, 1.54) is 62.4 Å². The third kappa shape index (κ3) is 8.79. The zero-order chi connectivity index (χ0) is 37.5. The van der Waals surface area contributed by atoms with Crippen molar-refractivity contribution in [2.75, 3.05) is 0 Å². The molecule has 13 heteroatoms. The van der Waals surface area contributed by atoms with Gasteiger partial charge in [0.2, 0.25) is 0 Å². The Bertz CT molecular complexity index is 1840. The number of carbonyl (C=O) groups excluding carboxylic acids is 4. The maximum absolute atomic E-state index is 13.4. The second-order valence-electron chi connectivity index (χ2n) is 12.5. The molecule has 2 aliphatic rings. The van der Waals surface area contributed by atoms with E-state index in [0.717, 1.165) is 0 Å². The minimum atomic E-state index is -1.84. The van der Waals surface area contributed by atoms with Gasteiger partial charge in [-0.05, 0) is 62.4 Å². The van der Waals surface area contributed by atoms with Gasteiger partial charge in [0, 0.05) is 0 Å². The molecule has 2 N–H and O–H groups in total. The van der Waals surface area contributed by atoms with Gasteiger partial charge in [0.05, 0.1) is 34.5 Å². The molecule has 2 aliphatic heterocycles. The topological polar surface area (TPSA) is 173 Å². The summed E-state index contributed by atoms with van der Waals surface area (Å²) < 4.78 is 41.1. The Balaban J connectivity index is 1.30. The molecule has 0 aliphatic carbocycles. The van der Waals surface area contributed by atoms with E-state index in [1.54, 1.807) is 72.8 Å². The van der Waals surface area contributed by atoms with Gasteiger partial charge in [-0.2, -0.15) is 0 Å². The van der Waals surface area contributed by atoms with E-state index in [-0.39, 0.29) is 22.3 Å². The van der Waals surface area contributed by atoms with Crippen molar-refractivity contribution in [3.8, 4) is 0 Å². The number of hydrogen-bond acceptors (Lipinski definition) is 13. The van der Waals surface area contributed by atoms with Crippen LogP contribution in [0, 0.1) is 0 Å². The van der Waals surface area contributed by atoms with Crippen LogP contribution >= 0.6 is 0 Å². The smallest absolute Gasteiger partial charge is 0.338 e. The predicted octanol–water partition coefficient (Wildman–Crippen LogP) is 4.12. The Hall–Kier alpha value is -5.44. The second-order valence-corrected chi connectivity index (χ2v) is 12.5. The van der Waals surface area contributed by atoms with Crippen LogP contribution in [0.4, 0.5) is 0 Å². The van der Waals surface area contributed by atoms with Crippen LogP contribution in [0.3, 0.4) is 0 Å². The van der Waals surface area contributed by atoms with Gasteiger partial charge in [0.15, 0.2) is 43.1 Å². The average molecular weight is 727 g/mol. The Morgan fingerprint density at radius 1 is 0.453 bits per heavy atom. The molecular formula is C40H38O13. The monoisotopic (exact) mass is 726 g/mol. The molecule has 2 saturated heterocycles. The summed E-state index contributed by atoms with van der Waals surface area (Å²) in [5.41, 5.74) is 0.726. The fraction of sp³-hybridized carbons (Fsp3) is 0.300. The molecule has 0 bridgehead atoms. The molecule has 10 atom stereocenters. The quantitative estimate of drug-likeness (QED) is 0.177. The molecule has 2 fully saturated rings. The minimum Gasteiger partial charge on any atom is -0.452 e. The Morgan fingerprint density at radius 2 is 0.774 bits per heavy atom. The van der Waals surface area contributed by atoms with Crippen LogP contribution in [0.2, 0.25) is 0 Å². The maximum atomic E-state index is 13.4. The van der Waals surface area contributed by atoms with E-state index in [2.05, 4.69) is 0 Å². The third-order valence-corrected chi connectivity index (χ3v) is 8.80. The number of aliphatic hydroxyl groups is 2. The van der Waals surface area contributed by atoms with Crippen molar-refractivity contribution < 1.29 is 62.5 Å². The van der Waals surface area contributed by atoms with Crippen LogP contribution in [-0.2, 0) is 33.2 Å². The zero-order valence-corrected chi connectivity index (χ0v) is 28.7. The van der Waals surface area contributed by atoms with Gasteiger partial charge >= 0.3 is 23.9 Å². The van der Waals surface area contributed by atoms with Crippen LogP contribution in [0.5, 0.6) is 0 Å². The second kappa shape index (κ2) is 16.9. The first-order chi connectivity index (χ1) is 25.6. The van der Waals surface area contributed by atoms with E-state index in [4.69, 9.17) is 33.2 Å². The lowest BCUT2D eigenvalue weighted by atomic mass is 9.97. The molecule has 2 heterocycles. The third-order valence-electron chi connectivity index (χ3n) is 8.80. The molecule has 4 aromatic carbocycles. The van der Waals surface area contributed by atoms with E-state index >= 15 is 0 Å². The molecule has 53 heavy (non-hydrogen) atoms. The average Bonchev–Trinajstić information content (AvgIpc) is 3.18. The van der Waals surface area contributed by atoms with Gasteiger partial charge in [-0.25, -0.2) is 19.2 Å². The lowest BCUT2D eigenvalue weighted by molar-refractivity contribution is -0.354. The maximum Gasteiger partial charge on any atom is 0.338 e. The summed E-state index contributed by atoms with van der Waals surface area (Å²) >= 11 is 0. The molecule has 4 aromatic rings. The first-order valence-electron chi connectivity index (χ1n) is 17.0. The summed E-state index contributed by atoms with van der Waals surface area (Å²) in [4.78, 5) is 53.1. The molecule has 0 amide bonds. The molecular weight excluding hydrogens is 688 g/mol. The van der Waals surface area contributed by atoms with Crippen molar-refractivity contribution in [3.63, 3.8) is 0 Å². The number of esters is 4. The number of ether oxygens (including phenoxy) is 7. The summed E-state index contributed by atoms with van der Waals surface area (Å²) in [6.07, 6.45) is -14.8. The summed E-state index contributed by atoms with van der Waals surface area (Å²) in [5, 5.41) is 23.0. The normalized spacial score (nSPS) is 28.2. The largest absolute Gasteiger partial charge is 0.452 e. The highest BCUT2D eigenvalue weighted by Gasteiger charge is 2.54. The van der Waals surface area contributed by atoms with Crippen molar-refractivity contribution >= 4 is 23.9 Å². The van der Waals surface area contributed by atoms with Gasteiger partial charge in [-0.1, -0.05) is 72.8 Å². The lowest BCUT2D eigenvalue weighted by Gasteiger charge is -2.47. The zero-order valence-electron chi connectivity index (χ0n) is 28.7. The minimum absolute atomic E-state index is 0.158. The van der Waals surface area contributed by atoms with E-state index < -0.39 is 85.3 Å². The van der Waals surface area contributed by atoms with Crippen LogP contribution in [0.15, 0.2) is 121 Å². The number of benzene rings is 4. The Kier molecular flexibility index (Phi) is 11.9. The molecule has 0 unspecified atom stereocenters. The highest BCUT2D eigenvalue weighted by Crippen LogP contribution is 2.34. The van der Waals surface area contributed by atoms with Gasteiger partial charge in [0.1, 0.15) is 6.10 Å².